The monoisotopic (exact) mass is 410 g/mol. The van der Waals surface area contributed by atoms with E-state index in [1.165, 1.54) is 34.2 Å². The zero-order valence-electron chi connectivity index (χ0n) is 20.6. The molecule has 0 aromatic heterocycles. The van der Waals surface area contributed by atoms with E-state index in [0.29, 0.717) is 10.8 Å². The average molecular weight is 411 g/mol. The second-order valence-electron chi connectivity index (χ2n) is 11.7. The summed E-state index contributed by atoms with van der Waals surface area (Å²) in [6.07, 6.45) is 1.22. The quantitative estimate of drug-likeness (QED) is 0.348. The van der Waals surface area contributed by atoms with Gasteiger partial charge in [-0.05, 0) is 61.5 Å². The van der Waals surface area contributed by atoms with Crippen molar-refractivity contribution in [1.82, 2.24) is 0 Å². The average Bonchev–Trinajstić information content (AvgIpc) is 2.91. The van der Waals surface area contributed by atoms with E-state index in [1.54, 1.807) is 5.56 Å². The summed E-state index contributed by atoms with van der Waals surface area (Å²) in [5, 5.41) is 0. The molecule has 0 bridgehead atoms. The first kappa shape index (κ1) is 21.9. The second-order valence-corrected chi connectivity index (χ2v) is 11.7. The Morgan fingerprint density at radius 1 is 0.452 bits per heavy atom. The van der Waals surface area contributed by atoms with Crippen molar-refractivity contribution in [2.45, 2.75) is 78.1 Å². The maximum absolute atomic E-state index is 2.37. The number of hydrogen-bond acceptors (Lipinski definition) is 0. The molecule has 0 nitrogen and oxygen atoms in total. The first-order valence-electron chi connectivity index (χ1n) is 11.7. The van der Waals surface area contributed by atoms with Crippen LogP contribution in [0.5, 0.6) is 0 Å². The third-order valence-corrected chi connectivity index (χ3v) is 9.07. The van der Waals surface area contributed by atoms with Crippen molar-refractivity contribution in [3.8, 4) is 11.1 Å². The molecular formula is C31H38. The van der Waals surface area contributed by atoms with Crippen LogP contribution in [0.15, 0.2) is 72.8 Å². The van der Waals surface area contributed by atoms with Crippen molar-refractivity contribution in [1.29, 1.82) is 0 Å². The molecule has 0 N–H and O–H groups in total. The zero-order valence-corrected chi connectivity index (χ0v) is 20.6. The maximum atomic E-state index is 2.37. The first-order valence-corrected chi connectivity index (χ1v) is 11.7. The standard InChI is InChI=1S/C18H20.C13H18/c1-17(2)15-11-7-5-9-13(15)14-10-6-8-12-16(14)18(17,3)4;1-12(2)9-10-7-5-6-8-11(10)13(12,3)4/h5-12H,1-4H3;5-8H,9H2,1-4H3. The maximum Gasteiger partial charge on any atom is -0.000568 e. The molecule has 0 amide bonds. The lowest BCUT2D eigenvalue weighted by Gasteiger charge is -2.48. The molecule has 2 aliphatic carbocycles. The van der Waals surface area contributed by atoms with Crippen LogP contribution >= 0.6 is 0 Å². The van der Waals surface area contributed by atoms with Gasteiger partial charge in [0.1, 0.15) is 0 Å². The number of hydrogen-bond donors (Lipinski definition) is 0. The second kappa shape index (κ2) is 7.09. The molecular weight excluding hydrogens is 372 g/mol. The van der Waals surface area contributed by atoms with E-state index in [1.807, 2.05) is 0 Å². The minimum Gasteiger partial charge on any atom is -0.0620 e. The Balaban J connectivity index is 0.000000158. The van der Waals surface area contributed by atoms with Crippen molar-refractivity contribution in [3.63, 3.8) is 0 Å². The number of benzene rings is 3. The fraction of sp³-hybridized carbons (Fsp3) is 0.419. The Bertz CT molecular complexity index is 1050. The van der Waals surface area contributed by atoms with E-state index >= 15 is 0 Å². The first-order chi connectivity index (χ1) is 14.4. The molecule has 0 saturated carbocycles. The molecule has 0 aliphatic heterocycles. The summed E-state index contributed by atoms with van der Waals surface area (Å²) in [7, 11) is 0. The lowest BCUT2D eigenvalue weighted by atomic mass is 9.55. The van der Waals surface area contributed by atoms with Crippen LogP contribution in [0, 0.1) is 5.41 Å². The fourth-order valence-electron chi connectivity index (χ4n) is 5.55. The van der Waals surface area contributed by atoms with Crippen molar-refractivity contribution in [3.05, 3.63) is 95.1 Å². The van der Waals surface area contributed by atoms with E-state index in [9.17, 15) is 0 Å². The van der Waals surface area contributed by atoms with Gasteiger partial charge in [-0.15, -0.1) is 0 Å². The van der Waals surface area contributed by atoms with E-state index in [-0.39, 0.29) is 10.8 Å². The van der Waals surface area contributed by atoms with Gasteiger partial charge in [-0.25, -0.2) is 0 Å². The Morgan fingerprint density at radius 3 is 1.29 bits per heavy atom. The molecule has 0 spiro atoms. The molecule has 0 heteroatoms. The Hall–Kier alpha value is -2.34. The SMILES string of the molecule is CC1(C)Cc2ccccc2C1(C)C.CC1(C)c2ccccc2-c2ccccc2C1(C)C. The molecule has 31 heavy (non-hydrogen) atoms. The molecule has 0 atom stereocenters. The van der Waals surface area contributed by atoms with Crippen molar-refractivity contribution >= 4 is 0 Å². The van der Waals surface area contributed by atoms with Crippen LogP contribution in [0.25, 0.3) is 11.1 Å². The predicted octanol–water partition coefficient (Wildman–Crippen LogP) is 8.47. The number of fused-ring (bicyclic) bond motifs is 4. The van der Waals surface area contributed by atoms with Gasteiger partial charge in [0.25, 0.3) is 0 Å². The molecule has 5 rings (SSSR count). The van der Waals surface area contributed by atoms with E-state index in [2.05, 4.69) is 128 Å². The molecule has 0 heterocycles. The third-order valence-electron chi connectivity index (χ3n) is 9.07. The van der Waals surface area contributed by atoms with Crippen LogP contribution in [0.3, 0.4) is 0 Å². The highest BCUT2D eigenvalue weighted by atomic mass is 14.5. The zero-order chi connectivity index (χ0) is 22.7. The smallest absolute Gasteiger partial charge is 0.000568 e. The van der Waals surface area contributed by atoms with E-state index in [4.69, 9.17) is 0 Å². The minimum absolute atomic E-state index is 0.151. The lowest BCUT2D eigenvalue weighted by Crippen LogP contribution is -2.43. The summed E-state index contributed by atoms with van der Waals surface area (Å²) in [5.41, 5.74) is 9.84. The Kier molecular flexibility index (Phi) is 5.00. The highest BCUT2D eigenvalue weighted by Gasteiger charge is 2.46. The van der Waals surface area contributed by atoms with Crippen LogP contribution in [0.4, 0.5) is 0 Å². The van der Waals surface area contributed by atoms with Gasteiger partial charge in [0, 0.05) is 0 Å². The summed E-state index contributed by atoms with van der Waals surface area (Å²) in [6, 6.07) is 26.5. The van der Waals surface area contributed by atoms with Gasteiger partial charge in [0.15, 0.2) is 0 Å². The van der Waals surface area contributed by atoms with Gasteiger partial charge < -0.3 is 0 Å². The molecule has 2 aliphatic rings. The highest BCUT2D eigenvalue weighted by molar-refractivity contribution is 5.77. The number of rotatable bonds is 0. The van der Waals surface area contributed by atoms with Gasteiger partial charge in [-0.1, -0.05) is 128 Å². The Morgan fingerprint density at radius 2 is 0.839 bits per heavy atom. The molecule has 0 unspecified atom stereocenters. The van der Waals surface area contributed by atoms with Crippen LogP contribution in [0.1, 0.15) is 77.6 Å². The summed E-state index contributed by atoms with van der Waals surface area (Å²) >= 11 is 0. The molecule has 3 aromatic carbocycles. The van der Waals surface area contributed by atoms with Crippen molar-refractivity contribution in [2.24, 2.45) is 5.41 Å². The van der Waals surface area contributed by atoms with Crippen LogP contribution in [0.2, 0.25) is 0 Å². The molecule has 0 radical (unpaired) electrons. The van der Waals surface area contributed by atoms with Gasteiger partial charge in [-0.2, -0.15) is 0 Å². The van der Waals surface area contributed by atoms with E-state index in [0.717, 1.165) is 0 Å². The predicted molar refractivity (Wildman–Crippen MR) is 135 cm³/mol. The summed E-state index contributed by atoms with van der Waals surface area (Å²) < 4.78 is 0. The summed E-state index contributed by atoms with van der Waals surface area (Å²) in [5.74, 6) is 0. The van der Waals surface area contributed by atoms with E-state index < -0.39 is 0 Å². The van der Waals surface area contributed by atoms with Crippen molar-refractivity contribution < 1.29 is 0 Å². The third kappa shape index (κ3) is 3.18. The Labute approximate surface area is 189 Å². The van der Waals surface area contributed by atoms with Gasteiger partial charge >= 0.3 is 0 Å². The van der Waals surface area contributed by atoms with Crippen LogP contribution in [-0.4, -0.2) is 0 Å². The van der Waals surface area contributed by atoms with Gasteiger partial charge in [-0.3, -0.25) is 0 Å². The topological polar surface area (TPSA) is 0 Å². The van der Waals surface area contributed by atoms with Gasteiger partial charge in [0.05, 0.1) is 0 Å². The molecule has 162 valence electrons. The summed E-state index contributed by atoms with van der Waals surface area (Å²) in [4.78, 5) is 0. The summed E-state index contributed by atoms with van der Waals surface area (Å²) in [6.45, 7) is 18.9. The normalized spacial score (nSPS) is 20.5. The molecule has 0 fully saturated rings. The fourth-order valence-corrected chi connectivity index (χ4v) is 5.55. The highest BCUT2D eigenvalue weighted by Crippen LogP contribution is 2.53. The van der Waals surface area contributed by atoms with Gasteiger partial charge in [0.2, 0.25) is 0 Å². The van der Waals surface area contributed by atoms with Crippen LogP contribution in [-0.2, 0) is 22.7 Å². The lowest BCUT2D eigenvalue weighted by molar-refractivity contribution is 0.225. The molecule has 3 aromatic rings. The minimum atomic E-state index is 0.151. The van der Waals surface area contributed by atoms with Crippen molar-refractivity contribution in [2.75, 3.05) is 0 Å². The molecule has 0 saturated heterocycles. The van der Waals surface area contributed by atoms with Crippen LogP contribution < -0.4 is 0 Å². The largest absolute Gasteiger partial charge is 0.0620 e.